The Balaban J connectivity index is 2.09. The zero-order valence-electron chi connectivity index (χ0n) is 13.8. The van der Waals surface area contributed by atoms with Gasteiger partial charge in [-0.3, -0.25) is 0 Å². The molecule has 1 aromatic carbocycles. The number of rotatable bonds is 6. The van der Waals surface area contributed by atoms with E-state index >= 15 is 0 Å². The molecule has 3 heteroatoms. The van der Waals surface area contributed by atoms with E-state index in [1.54, 1.807) is 0 Å². The highest BCUT2D eigenvalue weighted by atomic mass is 32.1. The average Bonchev–Trinajstić information content (AvgIpc) is 2.73. The third kappa shape index (κ3) is 4.39. The van der Waals surface area contributed by atoms with Crippen molar-refractivity contribution in [1.29, 1.82) is 0 Å². The van der Waals surface area contributed by atoms with Crippen molar-refractivity contribution in [3.05, 3.63) is 50.5 Å². The van der Waals surface area contributed by atoms with Crippen molar-refractivity contribution in [1.82, 2.24) is 10.3 Å². The molecule has 0 aliphatic carbocycles. The molecule has 2 aromatic rings. The van der Waals surface area contributed by atoms with Crippen LogP contribution in [-0.2, 0) is 12.8 Å². The minimum atomic E-state index is 0.460. The van der Waals surface area contributed by atoms with E-state index in [-0.39, 0.29) is 0 Å². The molecule has 0 bridgehead atoms. The molecule has 0 fully saturated rings. The second-order valence-corrected chi connectivity index (χ2v) is 7.12. The minimum absolute atomic E-state index is 0.460. The fourth-order valence-electron chi connectivity index (χ4n) is 2.56. The maximum Gasteiger partial charge on any atom is 0.0946 e. The van der Waals surface area contributed by atoms with E-state index in [1.807, 2.05) is 11.3 Å². The summed E-state index contributed by atoms with van der Waals surface area (Å²) in [6.45, 7) is 11.8. The average molecular weight is 302 g/mol. The number of aromatic nitrogens is 1. The van der Waals surface area contributed by atoms with Gasteiger partial charge in [0, 0.05) is 17.3 Å². The smallest absolute Gasteiger partial charge is 0.0946 e. The van der Waals surface area contributed by atoms with Gasteiger partial charge in [0.05, 0.1) is 10.7 Å². The molecular weight excluding hydrogens is 276 g/mol. The van der Waals surface area contributed by atoms with Crippen molar-refractivity contribution in [3.8, 4) is 0 Å². The van der Waals surface area contributed by atoms with Gasteiger partial charge >= 0.3 is 0 Å². The molecule has 0 saturated carbocycles. The van der Waals surface area contributed by atoms with E-state index in [0.29, 0.717) is 6.04 Å². The summed E-state index contributed by atoms with van der Waals surface area (Å²) in [5.74, 6) is 0. The Bertz CT molecular complexity index is 582. The van der Waals surface area contributed by atoms with Crippen LogP contribution in [0.2, 0.25) is 0 Å². The first-order chi connectivity index (χ1) is 9.99. The van der Waals surface area contributed by atoms with Crippen LogP contribution in [0, 0.1) is 27.7 Å². The highest BCUT2D eigenvalue weighted by molar-refractivity contribution is 7.11. The van der Waals surface area contributed by atoms with Crippen LogP contribution < -0.4 is 5.32 Å². The lowest BCUT2D eigenvalue weighted by Crippen LogP contribution is -2.33. The van der Waals surface area contributed by atoms with Crippen LogP contribution in [0.25, 0.3) is 0 Å². The highest BCUT2D eigenvalue weighted by Gasteiger charge is 2.13. The SMILES string of the molecule is CCNC(Cc1ccc(C)c(C)c1)Cc1nc(C)c(C)s1. The van der Waals surface area contributed by atoms with Crippen LogP contribution in [-0.4, -0.2) is 17.6 Å². The first kappa shape index (κ1) is 16.2. The van der Waals surface area contributed by atoms with E-state index in [2.05, 4.69) is 63.1 Å². The fraction of sp³-hybridized carbons (Fsp3) is 0.500. The van der Waals surface area contributed by atoms with Gasteiger partial charge in [0.25, 0.3) is 0 Å². The zero-order valence-corrected chi connectivity index (χ0v) is 14.6. The molecule has 2 rings (SSSR count). The number of aryl methyl sites for hydroxylation is 4. The van der Waals surface area contributed by atoms with Crippen molar-refractivity contribution >= 4 is 11.3 Å². The largest absolute Gasteiger partial charge is 0.314 e. The summed E-state index contributed by atoms with van der Waals surface area (Å²) in [4.78, 5) is 6.02. The summed E-state index contributed by atoms with van der Waals surface area (Å²) in [5.41, 5.74) is 5.33. The minimum Gasteiger partial charge on any atom is -0.314 e. The van der Waals surface area contributed by atoms with Gasteiger partial charge in [0.15, 0.2) is 0 Å². The van der Waals surface area contributed by atoms with Crippen molar-refractivity contribution in [2.45, 2.75) is 53.5 Å². The van der Waals surface area contributed by atoms with Gasteiger partial charge in [0.2, 0.25) is 0 Å². The van der Waals surface area contributed by atoms with E-state index in [4.69, 9.17) is 0 Å². The van der Waals surface area contributed by atoms with Gasteiger partial charge in [-0.2, -0.15) is 0 Å². The van der Waals surface area contributed by atoms with Crippen molar-refractivity contribution in [2.24, 2.45) is 0 Å². The molecule has 0 radical (unpaired) electrons. The van der Waals surface area contributed by atoms with E-state index in [1.165, 1.54) is 32.3 Å². The number of thiazole rings is 1. The lowest BCUT2D eigenvalue weighted by molar-refractivity contribution is 0.520. The van der Waals surface area contributed by atoms with Crippen molar-refractivity contribution < 1.29 is 0 Å². The molecule has 1 aromatic heterocycles. The highest BCUT2D eigenvalue weighted by Crippen LogP contribution is 2.19. The second-order valence-electron chi connectivity index (χ2n) is 5.83. The Morgan fingerprint density at radius 2 is 1.86 bits per heavy atom. The predicted molar refractivity (Wildman–Crippen MR) is 92.4 cm³/mol. The molecule has 1 N–H and O–H groups in total. The second kappa shape index (κ2) is 7.19. The maximum absolute atomic E-state index is 4.68. The third-order valence-corrected chi connectivity index (χ3v) is 5.14. The molecule has 0 aliphatic rings. The van der Waals surface area contributed by atoms with E-state index in [0.717, 1.165) is 19.4 Å². The van der Waals surface area contributed by atoms with E-state index in [9.17, 15) is 0 Å². The van der Waals surface area contributed by atoms with Gasteiger partial charge in [-0.05, 0) is 57.4 Å². The monoisotopic (exact) mass is 302 g/mol. The van der Waals surface area contributed by atoms with E-state index < -0.39 is 0 Å². The summed E-state index contributed by atoms with van der Waals surface area (Å²) in [7, 11) is 0. The number of nitrogens with zero attached hydrogens (tertiary/aromatic N) is 1. The summed E-state index contributed by atoms with van der Waals surface area (Å²) in [5, 5.41) is 4.86. The number of hydrogen-bond acceptors (Lipinski definition) is 3. The summed E-state index contributed by atoms with van der Waals surface area (Å²) in [6.07, 6.45) is 2.08. The first-order valence-electron chi connectivity index (χ1n) is 7.72. The Morgan fingerprint density at radius 3 is 2.43 bits per heavy atom. The molecule has 0 aliphatic heterocycles. The molecule has 1 atom stereocenters. The molecule has 1 unspecified atom stereocenters. The molecule has 2 nitrogen and oxygen atoms in total. The predicted octanol–water partition coefficient (Wildman–Crippen LogP) is 4.14. The van der Waals surface area contributed by atoms with Crippen LogP contribution in [0.3, 0.4) is 0 Å². The maximum atomic E-state index is 4.68. The number of hydrogen-bond donors (Lipinski definition) is 1. The Labute approximate surface area is 132 Å². The number of likely N-dealkylation sites (N-methyl/N-ethyl adjacent to an activating group) is 1. The molecule has 21 heavy (non-hydrogen) atoms. The zero-order chi connectivity index (χ0) is 15.4. The van der Waals surface area contributed by atoms with Gasteiger partial charge in [0.1, 0.15) is 0 Å². The number of nitrogens with one attached hydrogen (secondary N) is 1. The topological polar surface area (TPSA) is 24.9 Å². The van der Waals surface area contributed by atoms with Crippen LogP contribution in [0.15, 0.2) is 18.2 Å². The van der Waals surface area contributed by atoms with Crippen LogP contribution >= 0.6 is 11.3 Å². The van der Waals surface area contributed by atoms with Crippen molar-refractivity contribution in [3.63, 3.8) is 0 Å². The Hall–Kier alpha value is -1.19. The Morgan fingerprint density at radius 1 is 1.10 bits per heavy atom. The summed E-state index contributed by atoms with van der Waals surface area (Å²) in [6, 6.07) is 7.26. The van der Waals surface area contributed by atoms with Crippen molar-refractivity contribution in [2.75, 3.05) is 6.54 Å². The first-order valence-corrected chi connectivity index (χ1v) is 8.53. The quantitative estimate of drug-likeness (QED) is 0.867. The summed E-state index contributed by atoms with van der Waals surface area (Å²) >= 11 is 1.83. The molecule has 1 heterocycles. The van der Waals surface area contributed by atoms with Gasteiger partial charge in [-0.1, -0.05) is 25.1 Å². The molecule has 0 saturated heterocycles. The fourth-order valence-corrected chi connectivity index (χ4v) is 3.57. The number of benzene rings is 1. The standard InChI is InChI=1S/C18H26N2S/c1-6-19-17(11-18-20-14(4)15(5)21-18)10-16-8-7-12(2)13(3)9-16/h7-9,17,19H,6,10-11H2,1-5H3. The summed E-state index contributed by atoms with van der Waals surface area (Å²) < 4.78 is 0. The molecular formula is C18H26N2S. The van der Waals surface area contributed by atoms with Gasteiger partial charge in [-0.25, -0.2) is 4.98 Å². The molecule has 114 valence electrons. The molecule has 0 amide bonds. The third-order valence-electron chi connectivity index (χ3n) is 4.04. The lowest BCUT2D eigenvalue weighted by Gasteiger charge is -2.17. The van der Waals surface area contributed by atoms with Crippen LogP contribution in [0.5, 0.6) is 0 Å². The lowest BCUT2D eigenvalue weighted by atomic mass is 9.99. The van der Waals surface area contributed by atoms with Gasteiger partial charge in [-0.15, -0.1) is 11.3 Å². The normalized spacial score (nSPS) is 12.6. The Kier molecular flexibility index (Phi) is 5.54. The van der Waals surface area contributed by atoms with Gasteiger partial charge < -0.3 is 5.32 Å². The molecule has 0 spiro atoms. The van der Waals surface area contributed by atoms with Crippen LogP contribution in [0.4, 0.5) is 0 Å². The van der Waals surface area contributed by atoms with Crippen LogP contribution in [0.1, 0.15) is 39.2 Å².